The molecule has 0 bridgehead atoms. The molecule has 0 atom stereocenters. The molecule has 0 spiro atoms. The van der Waals surface area contributed by atoms with Crippen molar-refractivity contribution in [3.8, 4) is 0 Å². The van der Waals surface area contributed by atoms with Crippen LogP contribution in [0.15, 0.2) is 0 Å². The Balaban J connectivity index is 2.89. The van der Waals surface area contributed by atoms with E-state index < -0.39 is 0 Å². The maximum atomic E-state index is 4.92. The molecule has 0 N–H and O–H groups in total. The van der Waals surface area contributed by atoms with E-state index in [2.05, 4.69) is 19.6 Å². The third-order valence-corrected chi connectivity index (χ3v) is 3.17. The first-order chi connectivity index (χ1) is 7.27. The van der Waals surface area contributed by atoms with Gasteiger partial charge in [-0.1, -0.05) is 76.9 Å². The van der Waals surface area contributed by atoms with Gasteiger partial charge in [0, 0.05) is 4.20 Å². The van der Waals surface area contributed by atoms with E-state index >= 15 is 0 Å². The maximum absolute atomic E-state index is 4.92. The van der Waals surface area contributed by atoms with Crippen LogP contribution in [-0.2, 0) is 0 Å². The average Bonchev–Trinajstić information content (AvgIpc) is 2.20. The number of thiocarbonyl (C=S) groups is 1. The largest absolute Gasteiger partial charge is 0.136 e. The summed E-state index contributed by atoms with van der Waals surface area (Å²) in [5, 5.41) is 0. The lowest BCUT2D eigenvalue weighted by atomic mass is 10.1. The smallest absolute Gasteiger partial charge is 0.0448 e. The van der Waals surface area contributed by atoms with E-state index in [0.29, 0.717) is 0 Å². The fourth-order valence-electron chi connectivity index (χ4n) is 1.76. The standard InChI is InChI=1S/C13H26S2/c1-2-3-4-5-6-7-8-9-10-11-12-13(14)15/h2-12H2,1H3,(H,14,15). The molecule has 0 unspecified atom stereocenters. The normalized spacial score (nSPS) is 10.5. The maximum Gasteiger partial charge on any atom is 0.0448 e. The molecule has 0 aliphatic heterocycles. The molecule has 15 heavy (non-hydrogen) atoms. The van der Waals surface area contributed by atoms with Gasteiger partial charge in [-0.25, -0.2) is 0 Å². The summed E-state index contributed by atoms with van der Waals surface area (Å²) >= 11 is 9.04. The summed E-state index contributed by atoms with van der Waals surface area (Å²) in [5.74, 6) is 0. The van der Waals surface area contributed by atoms with Crippen molar-refractivity contribution in [3.05, 3.63) is 0 Å². The van der Waals surface area contributed by atoms with Crippen LogP contribution in [0.3, 0.4) is 0 Å². The van der Waals surface area contributed by atoms with Gasteiger partial charge in [-0.05, 0) is 12.8 Å². The van der Waals surface area contributed by atoms with Crippen molar-refractivity contribution in [1.29, 1.82) is 0 Å². The van der Waals surface area contributed by atoms with E-state index in [-0.39, 0.29) is 0 Å². The van der Waals surface area contributed by atoms with Crippen LogP contribution in [0, 0.1) is 0 Å². The third kappa shape index (κ3) is 14.4. The van der Waals surface area contributed by atoms with E-state index in [1.165, 1.54) is 64.2 Å². The number of rotatable bonds is 11. The lowest BCUT2D eigenvalue weighted by Gasteiger charge is -2.01. The summed E-state index contributed by atoms with van der Waals surface area (Å²) < 4.78 is 0.870. The van der Waals surface area contributed by atoms with E-state index in [1.807, 2.05) is 0 Å². The molecule has 0 saturated carbocycles. The molecule has 0 saturated heterocycles. The van der Waals surface area contributed by atoms with Gasteiger partial charge in [0.25, 0.3) is 0 Å². The topological polar surface area (TPSA) is 0 Å². The Morgan fingerprint density at radius 3 is 1.60 bits per heavy atom. The summed E-state index contributed by atoms with van der Waals surface area (Å²) in [6.07, 6.45) is 14.9. The zero-order chi connectivity index (χ0) is 11.4. The van der Waals surface area contributed by atoms with Crippen LogP contribution in [0.2, 0.25) is 0 Å². The van der Waals surface area contributed by atoms with Crippen LogP contribution in [0.5, 0.6) is 0 Å². The van der Waals surface area contributed by atoms with Crippen molar-refractivity contribution >= 4 is 29.0 Å². The summed E-state index contributed by atoms with van der Waals surface area (Å²) in [6.45, 7) is 2.27. The zero-order valence-corrected chi connectivity index (χ0v) is 11.8. The van der Waals surface area contributed by atoms with Gasteiger partial charge in [0.2, 0.25) is 0 Å². The molecular weight excluding hydrogens is 220 g/mol. The summed E-state index contributed by atoms with van der Waals surface area (Å²) in [4.78, 5) is 0. The third-order valence-electron chi connectivity index (χ3n) is 2.74. The summed E-state index contributed by atoms with van der Waals surface area (Å²) in [7, 11) is 0. The van der Waals surface area contributed by atoms with Gasteiger partial charge in [0.1, 0.15) is 0 Å². The lowest BCUT2D eigenvalue weighted by molar-refractivity contribution is 0.559. The molecule has 0 aromatic rings. The molecule has 0 heterocycles. The van der Waals surface area contributed by atoms with Crippen molar-refractivity contribution in [3.63, 3.8) is 0 Å². The number of hydrogen-bond acceptors (Lipinski definition) is 1. The van der Waals surface area contributed by atoms with E-state index in [4.69, 9.17) is 12.2 Å². The molecule has 0 fully saturated rings. The van der Waals surface area contributed by atoms with Gasteiger partial charge in [0.05, 0.1) is 0 Å². The van der Waals surface area contributed by atoms with Gasteiger partial charge >= 0.3 is 0 Å². The molecule has 0 aliphatic rings. The van der Waals surface area contributed by atoms with Gasteiger partial charge in [-0.2, -0.15) is 0 Å². The molecule has 0 aromatic heterocycles. The molecular formula is C13H26S2. The van der Waals surface area contributed by atoms with Crippen molar-refractivity contribution in [2.24, 2.45) is 0 Å². The second kappa shape index (κ2) is 12.5. The van der Waals surface area contributed by atoms with Crippen LogP contribution in [-0.4, -0.2) is 4.20 Å². The van der Waals surface area contributed by atoms with E-state index in [1.54, 1.807) is 0 Å². The molecule has 0 aromatic carbocycles. The fraction of sp³-hybridized carbons (Fsp3) is 0.923. The van der Waals surface area contributed by atoms with Crippen LogP contribution in [0.25, 0.3) is 0 Å². The Kier molecular flexibility index (Phi) is 12.9. The van der Waals surface area contributed by atoms with Crippen molar-refractivity contribution in [2.75, 3.05) is 0 Å². The highest BCUT2D eigenvalue weighted by Gasteiger charge is 1.93. The Morgan fingerprint density at radius 1 is 0.800 bits per heavy atom. The lowest BCUT2D eigenvalue weighted by Crippen LogP contribution is -1.85. The summed E-state index contributed by atoms with van der Waals surface area (Å²) in [5.41, 5.74) is 0. The van der Waals surface area contributed by atoms with Crippen molar-refractivity contribution in [1.82, 2.24) is 0 Å². The first-order valence-corrected chi connectivity index (χ1v) is 7.34. The van der Waals surface area contributed by atoms with Gasteiger partial charge < -0.3 is 0 Å². The van der Waals surface area contributed by atoms with Gasteiger partial charge in [0.15, 0.2) is 0 Å². The van der Waals surface area contributed by atoms with Crippen LogP contribution >= 0.6 is 24.8 Å². The van der Waals surface area contributed by atoms with Crippen LogP contribution in [0.4, 0.5) is 0 Å². The molecule has 0 aliphatic carbocycles. The Hall–Kier alpha value is 0.440. The number of hydrogen-bond donors (Lipinski definition) is 1. The van der Waals surface area contributed by atoms with Crippen LogP contribution in [0.1, 0.15) is 77.6 Å². The molecule has 90 valence electrons. The fourth-order valence-corrected chi connectivity index (χ4v) is 2.07. The summed E-state index contributed by atoms with van der Waals surface area (Å²) in [6, 6.07) is 0. The quantitative estimate of drug-likeness (QED) is 0.283. The minimum Gasteiger partial charge on any atom is -0.136 e. The predicted octanol–water partition coefficient (Wildman–Crippen LogP) is 5.55. The molecule has 0 amide bonds. The van der Waals surface area contributed by atoms with Crippen LogP contribution < -0.4 is 0 Å². The van der Waals surface area contributed by atoms with Crippen molar-refractivity contribution in [2.45, 2.75) is 77.6 Å². The monoisotopic (exact) mass is 246 g/mol. The minimum atomic E-state index is 0.870. The van der Waals surface area contributed by atoms with E-state index in [0.717, 1.165) is 10.6 Å². The molecule has 0 rings (SSSR count). The Morgan fingerprint density at radius 2 is 1.20 bits per heavy atom. The zero-order valence-electron chi connectivity index (χ0n) is 10.1. The Bertz CT molecular complexity index is 143. The highest BCUT2D eigenvalue weighted by Crippen LogP contribution is 2.11. The van der Waals surface area contributed by atoms with E-state index in [9.17, 15) is 0 Å². The molecule has 0 radical (unpaired) electrons. The van der Waals surface area contributed by atoms with Gasteiger partial charge in [-0.3, -0.25) is 0 Å². The Labute approximate surface area is 107 Å². The van der Waals surface area contributed by atoms with Crippen molar-refractivity contribution < 1.29 is 0 Å². The SMILES string of the molecule is CCCCCCCCCCCCC(=S)S. The highest BCUT2D eigenvalue weighted by molar-refractivity contribution is 8.11. The second-order valence-electron chi connectivity index (χ2n) is 4.33. The predicted molar refractivity (Wildman–Crippen MR) is 78.0 cm³/mol. The van der Waals surface area contributed by atoms with Gasteiger partial charge in [-0.15, -0.1) is 12.6 Å². The first kappa shape index (κ1) is 15.4. The molecule has 2 heteroatoms. The second-order valence-corrected chi connectivity index (χ2v) is 5.66. The minimum absolute atomic E-state index is 0.870. The highest BCUT2D eigenvalue weighted by atomic mass is 32.1. The number of thiol groups is 1. The average molecular weight is 246 g/mol. The first-order valence-electron chi connectivity index (χ1n) is 6.49. The molecule has 0 nitrogen and oxygen atoms in total. The number of unbranched alkanes of at least 4 members (excludes halogenated alkanes) is 9.